The maximum absolute atomic E-state index is 13.2. The highest BCUT2D eigenvalue weighted by Gasteiger charge is 2.15. The molecule has 120 valence electrons. The second-order valence-corrected chi connectivity index (χ2v) is 6.08. The van der Waals surface area contributed by atoms with Crippen molar-refractivity contribution in [1.29, 1.82) is 0 Å². The van der Waals surface area contributed by atoms with Gasteiger partial charge in [-0.05, 0) is 19.1 Å². The summed E-state index contributed by atoms with van der Waals surface area (Å²) in [6.45, 7) is 1.74. The SMILES string of the molecule is Cc1noc2ncc(C(=O)Nc3nc4cc(F)c(F)cc4s3)cc12. The fourth-order valence-electron chi connectivity index (χ4n) is 2.22. The summed E-state index contributed by atoms with van der Waals surface area (Å²) in [5, 5.41) is 7.24. The topological polar surface area (TPSA) is 80.9 Å². The molecular formula is C15H8F2N4O2S. The summed E-state index contributed by atoms with van der Waals surface area (Å²) in [4.78, 5) is 20.4. The molecule has 6 nitrogen and oxygen atoms in total. The van der Waals surface area contributed by atoms with Crippen LogP contribution in [0.3, 0.4) is 0 Å². The van der Waals surface area contributed by atoms with Crippen LogP contribution in [0.1, 0.15) is 16.1 Å². The largest absolute Gasteiger partial charge is 0.336 e. The summed E-state index contributed by atoms with van der Waals surface area (Å²) in [7, 11) is 0. The number of carbonyl (C=O) groups excluding carboxylic acids is 1. The summed E-state index contributed by atoms with van der Waals surface area (Å²) in [6.07, 6.45) is 1.36. The van der Waals surface area contributed by atoms with Gasteiger partial charge in [0.15, 0.2) is 16.8 Å². The first kappa shape index (κ1) is 14.6. The number of pyridine rings is 1. The van der Waals surface area contributed by atoms with Crippen molar-refractivity contribution in [2.24, 2.45) is 0 Å². The smallest absolute Gasteiger partial charge is 0.259 e. The van der Waals surface area contributed by atoms with Gasteiger partial charge in [0.05, 0.1) is 26.9 Å². The third-order valence-electron chi connectivity index (χ3n) is 3.42. The molecule has 4 rings (SSSR count). The van der Waals surface area contributed by atoms with Crippen molar-refractivity contribution in [3.05, 3.63) is 47.3 Å². The number of thiazole rings is 1. The van der Waals surface area contributed by atoms with E-state index in [9.17, 15) is 13.6 Å². The van der Waals surface area contributed by atoms with Crippen molar-refractivity contribution in [2.75, 3.05) is 5.32 Å². The fourth-order valence-corrected chi connectivity index (χ4v) is 3.08. The lowest BCUT2D eigenvalue weighted by Gasteiger charge is -2.00. The van der Waals surface area contributed by atoms with E-state index in [0.717, 1.165) is 23.5 Å². The van der Waals surface area contributed by atoms with Gasteiger partial charge in [0.2, 0.25) is 0 Å². The number of nitrogens with one attached hydrogen (secondary N) is 1. The molecule has 0 saturated carbocycles. The molecule has 1 amide bonds. The van der Waals surface area contributed by atoms with Crippen molar-refractivity contribution in [3.63, 3.8) is 0 Å². The van der Waals surface area contributed by atoms with E-state index in [0.29, 0.717) is 27.1 Å². The molecular weight excluding hydrogens is 338 g/mol. The van der Waals surface area contributed by atoms with Gasteiger partial charge in [0.1, 0.15) is 0 Å². The number of hydrogen-bond acceptors (Lipinski definition) is 6. The Morgan fingerprint density at radius 3 is 2.88 bits per heavy atom. The predicted octanol–water partition coefficient (Wildman–Crippen LogP) is 3.67. The van der Waals surface area contributed by atoms with Gasteiger partial charge in [-0.3, -0.25) is 10.1 Å². The molecule has 4 aromatic rings. The minimum atomic E-state index is -0.983. The normalized spacial score (nSPS) is 11.3. The average molecular weight is 346 g/mol. The first-order valence-corrected chi connectivity index (χ1v) is 7.62. The Labute approximate surface area is 137 Å². The highest BCUT2D eigenvalue weighted by Crippen LogP contribution is 2.28. The van der Waals surface area contributed by atoms with E-state index < -0.39 is 17.5 Å². The van der Waals surface area contributed by atoms with Crippen molar-refractivity contribution in [3.8, 4) is 0 Å². The van der Waals surface area contributed by atoms with Crippen LogP contribution in [0.2, 0.25) is 0 Å². The van der Waals surface area contributed by atoms with E-state index in [-0.39, 0.29) is 10.6 Å². The molecule has 0 atom stereocenters. The maximum Gasteiger partial charge on any atom is 0.259 e. The Hall–Kier alpha value is -2.94. The predicted molar refractivity (Wildman–Crippen MR) is 84.0 cm³/mol. The molecule has 0 fully saturated rings. The van der Waals surface area contributed by atoms with Gasteiger partial charge < -0.3 is 4.52 Å². The molecule has 0 saturated heterocycles. The summed E-state index contributed by atoms with van der Waals surface area (Å²) in [5.74, 6) is -2.38. The van der Waals surface area contributed by atoms with Crippen LogP contribution < -0.4 is 5.32 Å². The lowest BCUT2D eigenvalue weighted by atomic mass is 10.2. The van der Waals surface area contributed by atoms with E-state index in [1.165, 1.54) is 6.20 Å². The molecule has 0 aliphatic rings. The van der Waals surface area contributed by atoms with Gasteiger partial charge in [-0.2, -0.15) is 0 Å². The highest BCUT2D eigenvalue weighted by atomic mass is 32.1. The number of hydrogen-bond donors (Lipinski definition) is 1. The van der Waals surface area contributed by atoms with Crippen molar-refractivity contribution < 1.29 is 18.1 Å². The number of anilines is 1. The molecule has 0 bridgehead atoms. The number of aromatic nitrogens is 3. The zero-order chi connectivity index (χ0) is 16.8. The molecule has 3 aromatic heterocycles. The summed E-state index contributed by atoms with van der Waals surface area (Å²) in [5.41, 5.74) is 1.54. The monoisotopic (exact) mass is 346 g/mol. The van der Waals surface area contributed by atoms with Crippen molar-refractivity contribution >= 4 is 43.7 Å². The molecule has 0 spiro atoms. The number of halogens is 2. The molecule has 0 aliphatic heterocycles. The second kappa shape index (κ2) is 5.31. The molecule has 0 radical (unpaired) electrons. The van der Waals surface area contributed by atoms with Crippen molar-refractivity contribution in [2.45, 2.75) is 6.92 Å². The Balaban J connectivity index is 1.66. The first-order valence-electron chi connectivity index (χ1n) is 6.80. The van der Waals surface area contributed by atoms with Gasteiger partial charge in [0, 0.05) is 12.3 Å². The van der Waals surface area contributed by atoms with E-state index in [1.807, 2.05) is 0 Å². The third-order valence-corrected chi connectivity index (χ3v) is 4.36. The second-order valence-electron chi connectivity index (χ2n) is 5.05. The minimum absolute atomic E-state index is 0.238. The summed E-state index contributed by atoms with van der Waals surface area (Å²) < 4.78 is 31.9. The Morgan fingerprint density at radius 1 is 1.25 bits per heavy atom. The molecule has 1 aromatic carbocycles. The van der Waals surface area contributed by atoms with Gasteiger partial charge in [-0.1, -0.05) is 16.5 Å². The molecule has 9 heteroatoms. The van der Waals surface area contributed by atoms with E-state index in [2.05, 4.69) is 20.4 Å². The fraction of sp³-hybridized carbons (Fsp3) is 0.0667. The van der Waals surface area contributed by atoms with Crippen LogP contribution >= 0.6 is 11.3 Å². The van der Waals surface area contributed by atoms with Crippen LogP contribution in [0.4, 0.5) is 13.9 Å². The number of rotatable bonds is 2. The quantitative estimate of drug-likeness (QED) is 0.599. The Kier molecular flexibility index (Phi) is 3.24. The van der Waals surface area contributed by atoms with Crippen LogP contribution in [-0.2, 0) is 0 Å². The Morgan fingerprint density at radius 2 is 2.04 bits per heavy atom. The number of nitrogens with zero attached hydrogens (tertiary/aromatic N) is 3. The maximum atomic E-state index is 13.2. The highest BCUT2D eigenvalue weighted by molar-refractivity contribution is 7.22. The van der Waals surface area contributed by atoms with Crippen LogP contribution in [0.5, 0.6) is 0 Å². The minimum Gasteiger partial charge on any atom is -0.336 e. The number of benzene rings is 1. The molecule has 24 heavy (non-hydrogen) atoms. The van der Waals surface area contributed by atoms with Crippen LogP contribution in [0.25, 0.3) is 21.3 Å². The van der Waals surface area contributed by atoms with E-state index in [4.69, 9.17) is 4.52 Å². The van der Waals surface area contributed by atoms with E-state index in [1.54, 1.807) is 13.0 Å². The summed E-state index contributed by atoms with van der Waals surface area (Å²) in [6, 6.07) is 3.65. The lowest BCUT2D eigenvalue weighted by Crippen LogP contribution is -2.11. The zero-order valence-corrected chi connectivity index (χ0v) is 12.9. The molecule has 1 N–H and O–H groups in total. The van der Waals surface area contributed by atoms with Gasteiger partial charge in [-0.15, -0.1) is 0 Å². The number of amides is 1. The van der Waals surface area contributed by atoms with Crippen LogP contribution in [-0.4, -0.2) is 21.0 Å². The van der Waals surface area contributed by atoms with Crippen LogP contribution in [0.15, 0.2) is 28.9 Å². The number of fused-ring (bicyclic) bond motifs is 2. The van der Waals surface area contributed by atoms with Gasteiger partial charge >= 0.3 is 0 Å². The average Bonchev–Trinajstić information content (AvgIpc) is 3.11. The lowest BCUT2D eigenvalue weighted by molar-refractivity contribution is 0.102. The molecule has 0 aliphatic carbocycles. The summed E-state index contributed by atoms with van der Waals surface area (Å²) >= 11 is 1.05. The van der Waals surface area contributed by atoms with E-state index >= 15 is 0 Å². The first-order chi connectivity index (χ1) is 11.5. The number of carbonyl (C=O) groups is 1. The van der Waals surface area contributed by atoms with Gasteiger partial charge in [0.25, 0.3) is 11.6 Å². The molecule has 3 heterocycles. The number of aryl methyl sites for hydroxylation is 1. The Bertz CT molecular complexity index is 1070. The van der Waals surface area contributed by atoms with Gasteiger partial charge in [-0.25, -0.2) is 18.7 Å². The standard InChI is InChI=1S/C15H8F2N4O2S/c1-6-8-2-7(5-18-14(8)23-21-6)13(22)20-15-19-11-3-9(16)10(17)4-12(11)24-15/h2-5H,1H3,(H,19,20,22). The zero-order valence-electron chi connectivity index (χ0n) is 12.1. The van der Waals surface area contributed by atoms with Crippen LogP contribution in [0, 0.1) is 18.6 Å². The van der Waals surface area contributed by atoms with Crippen molar-refractivity contribution in [1.82, 2.24) is 15.1 Å². The molecule has 0 unspecified atom stereocenters. The third kappa shape index (κ3) is 2.38.